The number of hydrogen-bond donors (Lipinski definition) is 1. The lowest BCUT2D eigenvalue weighted by molar-refractivity contribution is -0.689. The third-order valence-corrected chi connectivity index (χ3v) is 7.97. The van der Waals surface area contributed by atoms with Gasteiger partial charge in [0.25, 0.3) is 5.91 Å². The summed E-state index contributed by atoms with van der Waals surface area (Å²) in [7, 11) is 1.63. The molecule has 0 saturated carbocycles. The normalized spacial score (nSPS) is 10.7. The number of anilines is 1. The molecule has 0 atom stereocenters. The van der Waals surface area contributed by atoms with Gasteiger partial charge < -0.3 is 31.8 Å². The first-order chi connectivity index (χ1) is 19.1. The highest BCUT2D eigenvalue weighted by Gasteiger charge is 2.16. The first kappa shape index (κ1) is 33.8. The molecular weight excluding hydrogens is 584 g/mol. The van der Waals surface area contributed by atoms with Crippen LogP contribution in [0.1, 0.15) is 106 Å². The molecule has 0 bridgehead atoms. The molecule has 7 heteroatoms. The van der Waals surface area contributed by atoms with Crippen LogP contribution < -0.4 is 36.3 Å². The van der Waals surface area contributed by atoms with Crippen LogP contribution >= 0.6 is 11.3 Å². The lowest BCUT2D eigenvalue weighted by Crippen LogP contribution is -3.00. The third kappa shape index (κ3) is 11.6. The SMILES string of the molecule is CCCCCCCCCCCCCCOc1c(NC(=O)c2cccc(C[n+]3cscc3C)c2)cccc1OC.[Br-]. The van der Waals surface area contributed by atoms with Crippen LogP contribution in [0.25, 0.3) is 0 Å². The number of rotatable bonds is 19. The molecule has 0 spiro atoms. The zero-order chi connectivity index (χ0) is 27.7. The van der Waals surface area contributed by atoms with E-state index in [2.05, 4.69) is 40.7 Å². The van der Waals surface area contributed by atoms with E-state index in [1.165, 1.54) is 69.9 Å². The van der Waals surface area contributed by atoms with E-state index < -0.39 is 0 Å². The van der Waals surface area contributed by atoms with Crippen LogP contribution in [0.2, 0.25) is 0 Å². The fourth-order valence-electron chi connectivity index (χ4n) is 4.76. The molecule has 1 amide bonds. The Hall–Kier alpha value is -2.38. The van der Waals surface area contributed by atoms with E-state index in [0.29, 0.717) is 29.4 Å². The summed E-state index contributed by atoms with van der Waals surface area (Å²) in [5.41, 5.74) is 5.64. The predicted octanol–water partition coefficient (Wildman–Crippen LogP) is 5.74. The lowest BCUT2D eigenvalue weighted by Gasteiger charge is -2.16. The monoisotopic (exact) mass is 630 g/mol. The van der Waals surface area contributed by atoms with Gasteiger partial charge in [0.05, 0.1) is 24.8 Å². The molecule has 3 aromatic rings. The Morgan fingerprint density at radius 1 is 0.900 bits per heavy atom. The number of para-hydroxylation sites is 1. The number of nitrogens with one attached hydrogen (secondary N) is 1. The van der Waals surface area contributed by atoms with Gasteiger partial charge in [0.15, 0.2) is 23.7 Å². The van der Waals surface area contributed by atoms with Gasteiger partial charge in [-0.3, -0.25) is 4.79 Å². The number of benzene rings is 2. The first-order valence-electron chi connectivity index (χ1n) is 14.7. The molecule has 0 radical (unpaired) electrons. The van der Waals surface area contributed by atoms with Crippen molar-refractivity contribution in [1.82, 2.24) is 0 Å². The molecule has 1 heterocycles. The van der Waals surface area contributed by atoms with Crippen molar-refractivity contribution in [2.75, 3.05) is 19.0 Å². The Kier molecular flexibility index (Phi) is 16.6. The van der Waals surface area contributed by atoms with Crippen LogP contribution in [0.4, 0.5) is 5.69 Å². The number of ether oxygens (including phenoxy) is 2. The maximum Gasteiger partial charge on any atom is 0.255 e. The van der Waals surface area contributed by atoms with Gasteiger partial charge in [-0.1, -0.05) is 107 Å². The van der Waals surface area contributed by atoms with Crippen LogP contribution in [0.15, 0.2) is 53.4 Å². The summed E-state index contributed by atoms with van der Waals surface area (Å²) in [6.07, 6.45) is 15.7. The summed E-state index contributed by atoms with van der Waals surface area (Å²) in [5.74, 6) is 1.06. The van der Waals surface area contributed by atoms with E-state index in [1.807, 2.05) is 36.4 Å². The smallest absolute Gasteiger partial charge is 0.255 e. The number of aromatic nitrogens is 1. The highest BCUT2D eigenvalue weighted by molar-refractivity contribution is 7.07. The zero-order valence-electron chi connectivity index (χ0n) is 24.6. The van der Waals surface area contributed by atoms with Crippen molar-refractivity contribution < 1.29 is 35.8 Å². The molecule has 0 aliphatic carbocycles. The van der Waals surface area contributed by atoms with E-state index in [9.17, 15) is 4.79 Å². The summed E-state index contributed by atoms with van der Waals surface area (Å²) in [6.45, 7) is 5.71. The fourth-order valence-corrected chi connectivity index (χ4v) is 5.54. The predicted molar refractivity (Wildman–Crippen MR) is 162 cm³/mol. The third-order valence-electron chi connectivity index (χ3n) is 7.11. The summed E-state index contributed by atoms with van der Waals surface area (Å²) in [5, 5.41) is 5.17. The van der Waals surface area contributed by atoms with Gasteiger partial charge in [0.2, 0.25) is 5.51 Å². The van der Waals surface area contributed by atoms with Crippen molar-refractivity contribution in [1.29, 1.82) is 0 Å². The Bertz CT molecular complexity index is 1130. The number of carbonyl (C=O) groups is 1. The second-order valence-electron chi connectivity index (χ2n) is 10.4. The van der Waals surface area contributed by atoms with Crippen molar-refractivity contribution >= 4 is 22.9 Å². The molecule has 5 nitrogen and oxygen atoms in total. The van der Waals surface area contributed by atoms with E-state index in [-0.39, 0.29) is 22.9 Å². The number of amides is 1. The van der Waals surface area contributed by atoms with E-state index >= 15 is 0 Å². The minimum atomic E-state index is -0.160. The second kappa shape index (κ2) is 19.7. The van der Waals surface area contributed by atoms with Gasteiger partial charge in [0, 0.05) is 18.1 Å². The maximum absolute atomic E-state index is 13.2. The molecule has 3 rings (SSSR count). The van der Waals surface area contributed by atoms with E-state index in [0.717, 1.165) is 24.9 Å². The van der Waals surface area contributed by atoms with Crippen molar-refractivity contribution in [3.05, 3.63) is 70.2 Å². The number of aryl methyl sites for hydroxylation is 1. The maximum atomic E-state index is 13.2. The molecular formula is C33H47BrN2O3S. The largest absolute Gasteiger partial charge is 1.00 e. The topological polar surface area (TPSA) is 51.4 Å². The summed E-state index contributed by atoms with van der Waals surface area (Å²) >= 11 is 1.68. The summed E-state index contributed by atoms with van der Waals surface area (Å²) in [4.78, 5) is 13.2. The number of nitrogens with zero attached hydrogens (tertiary/aromatic N) is 1. The Morgan fingerprint density at radius 2 is 1.55 bits per heavy atom. The minimum absolute atomic E-state index is 0. The zero-order valence-corrected chi connectivity index (χ0v) is 27.0. The molecule has 2 aromatic carbocycles. The van der Waals surface area contributed by atoms with Crippen molar-refractivity contribution in [3.63, 3.8) is 0 Å². The molecule has 0 aliphatic rings. The number of halogens is 1. The van der Waals surface area contributed by atoms with Gasteiger partial charge in [-0.15, -0.1) is 0 Å². The number of methoxy groups -OCH3 is 1. The van der Waals surface area contributed by atoms with E-state index in [4.69, 9.17) is 9.47 Å². The van der Waals surface area contributed by atoms with Crippen LogP contribution in [0.5, 0.6) is 11.5 Å². The Labute approximate surface area is 256 Å². The van der Waals surface area contributed by atoms with Crippen LogP contribution in [-0.2, 0) is 6.54 Å². The number of unbranched alkanes of at least 4 members (excludes halogenated alkanes) is 11. The fraction of sp³-hybridized carbons (Fsp3) is 0.515. The van der Waals surface area contributed by atoms with Crippen LogP contribution in [-0.4, -0.2) is 19.6 Å². The Balaban J connectivity index is 0.00000560. The standard InChI is InChI=1S/C33H46N2O3S.BrH/c1-4-5-6-7-8-9-10-11-12-13-14-15-22-38-32-30(20-17-21-31(32)37-3)34-33(36)29-19-16-18-28(23-29)24-35-26-39-25-27(35)2;/h16-21,23,25-26H,4-15,22,24H2,1-3H3;1H. The lowest BCUT2D eigenvalue weighted by atomic mass is 10.1. The summed E-state index contributed by atoms with van der Waals surface area (Å²) < 4.78 is 13.9. The summed E-state index contributed by atoms with van der Waals surface area (Å²) in [6, 6.07) is 13.4. The van der Waals surface area contributed by atoms with Gasteiger partial charge in [-0.25, -0.2) is 0 Å². The highest BCUT2D eigenvalue weighted by atomic mass is 79.9. The molecule has 0 saturated heterocycles. The van der Waals surface area contributed by atoms with E-state index in [1.54, 1.807) is 18.4 Å². The first-order valence-corrected chi connectivity index (χ1v) is 15.7. The van der Waals surface area contributed by atoms with Crippen molar-refractivity contribution in [2.24, 2.45) is 0 Å². The van der Waals surface area contributed by atoms with Gasteiger partial charge in [-0.05, 0) is 30.7 Å². The molecule has 220 valence electrons. The average molecular weight is 632 g/mol. The highest BCUT2D eigenvalue weighted by Crippen LogP contribution is 2.35. The quantitative estimate of drug-likeness (QED) is 0.136. The van der Waals surface area contributed by atoms with Gasteiger partial charge in [-0.2, -0.15) is 4.57 Å². The molecule has 40 heavy (non-hydrogen) atoms. The number of hydrogen-bond acceptors (Lipinski definition) is 4. The Morgan fingerprint density at radius 3 is 2.17 bits per heavy atom. The van der Waals surface area contributed by atoms with Gasteiger partial charge >= 0.3 is 0 Å². The molecule has 1 aromatic heterocycles. The van der Waals surface area contributed by atoms with Crippen LogP contribution in [0, 0.1) is 6.92 Å². The molecule has 1 N–H and O–H groups in total. The van der Waals surface area contributed by atoms with Crippen molar-refractivity contribution in [3.8, 4) is 11.5 Å². The number of thiazole rings is 1. The molecule has 0 unspecified atom stereocenters. The van der Waals surface area contributed by atoms with Crippen molar-refractivity contribution in [2.45, 2.75) is 97.4 Å². The molecule has 0 aliphatic heterocycles. The second-order valence-corrected chi connectivity index (χ2v) is 11.1. The average Bonchev–Trinajstić information content (AvgIpc) is 3.35. The van der Waals surface area contributed by atoms with Gasteiger partial charge in [0.1, 0.15) is 0 Å². The molecule has 0 fully saturated rings. The number of carbonyl (C=O) groups excluding carboxylic acids is 1. The van der Waals surface area contributed by atoms with Crippen LogP contribution in [0.3, 0.4) is 0 Å². The minimum Gasteiger partial charge on any atom is -1.00 e.